The Kier molecular flexibility index (Phi) is 2.59. The van der Waals surface area contributed by atoms with Gasteiger partial charge in [0.15, 0.2) is 0 Å². The summed E-state index contributed by atoms with van der Waals surface area (Å²) in [4.78, 5) is 3.48. The lowest BCUT2D eigenvalue weighted by Gasteiger charge is -2.09. The number of hydrogen-bond acceptors (Lipinski definition) is 1. The molecular weight excluding hydrogens is 179 g/mol. The molecule has 0 spiro atoms. The van der Waals surface area contributed by atoms with Crippen LogP contribution in [-0.4, -0.2) is 4.98 Å². The first-order chi connectivity index (χ1) is 5.91. The van der Waals surface area contributed by atoms with Gasteiger partial charge in [0.2, 0.25) is 0 Å². The maximum absolute atomic E-state index is 12.6. The summed E-state index contributed by atoms with van der Waals surface area (Å²) in [6.07, 6.45) is -0.0377. The standard InChI is InChI=1S/C9H10F3N/c1-6(10)7-3-4-8(13-5-7)9(2,11)12/h3-6H,1-2H3. The van der Waals surface area contributed by atoms with Crippen molar-refractivity contribution in [1.29, 1.82) is 0 Å². The van der Waals surface area contributed by atoms with Crippen LogP contribution in [0.15, 0.2) is 18.3 Å². The van der Waals surface area contributed by atoms with Gasteiger partial charge in [0.25, 0.3) is 5.92 Å². The van der Waals surface area contributed by atoms with E-state index in [0.717, 1.165) is 19.2 Å². The van der Waals surface area contributed by atoms with E-state index < -0.39 is 12.1 Å². The van der Waals surface area contributed by atoms with E-state index in [1.54, 1.807) is 0 Å². The molecule has 0 N–H and O–H groups in total. The van der Waals surface area contributed by atoms with Crippen LogP contribution < -0.4 is 0 Å². The van der Waals surface area contributed by atoms with E-state index in [9.17, 15) is 13.2 Å². The molecule has 1 atom stereocenters. The number of aromatic nitrogens is 1. The number of rotatable bonds is 2. The fourth-order valence-electron chi connectivity index (χ4n) is 0.900. The second-order valence-electron chi connectivity index (χ2n) is 2.98. The quantitative estimate of drug-likeness (QED) is 0.696. The summed E-state index contributed by atoms with van der Waals surface area (Å²) in [6, 6.07) is 2.47. The van der Waals surface area contributed by atoms with Gasteiger partial charge >= 0.3 is 0 Å². The van der Waals surface area contributed by atoms with Crippen molar-refractivity contribution in [1.82, 2.24) is 4.98 Å². The molecule has 0 aliphatic carbocycles. The van der Waals surface area contributed by atoms with Crippen LogP contribution >= 0.6 is 0 Å². The smallest absolute Gasteiger partial charge is 0.255 e. The largest absolute Gasteiger partial charge is 0.286 e. The van der Waals surface area contributed by atoms with Gasteiger partial charge in [-0.15, -0.1) is 0 Å². The molecule has 0 aromatic carbocycles. The van der Waals surface area contributed by atoms with Gasteiger partial charge in [-0.2, -0.15) is 8.78 Å². The first kappa shape index (κ1) is 10.0. The predicted octanol–water partition coefficient (Wildman–Crippen LogP) is 3.22. The molecule has 72 valence electrons. The first-order valence-corrected chi connectivity index (χ1v) is 3.89. The molecule has 4 heteroatoms. The number of nitrogens with zero attached hydrogens (tertiary/aromatic N) is 1. The summed E-state index contributed by atoms with van der Waals surface area (Å²) in [5, 5.41) is 0. The van der Waals surface area contributed by atoms with Crippen molar-refractivity contribution in [3.05, 3.63) is 29.6 Å². The van der Waals surface area contributed by atoms with Crippen LogP contribution in [0.2, 0.25) is 0 Å². The molecule has 0 saturated heterocycles. The topological polar surface area (TPSA) is 12.9 Å². The molecule has 0 fully saturated rings. The van der Waals surface area contributed by atoms with Gasteiger partial charge in [-0.1, -0.05) is 6.07 Å². The van der Waals surface area contributed by atoms with Gasteiger partial charge in [-0.3, -0.25) is 4.98 Å². The van der Waals surface area contributed by atoms with Gasteiger partial charge < -0.3 is 0 Å². The molecule has 0 aliphatic heterocycles. The molecule has 1 rings (SSSR count). The van der Waals surface area contributed by atoms with Crippen molar-refractivity contribution in [3.63, 3.8) is 0 Å². The molecule has 0 aliphatic rings. The van der Waals surface area contributed by atoms with E-state index in [2.05, 4.69) is 4.98 Å². The molecule has 0 saturated carbocycles. The third-order valence-corrected chi connectivity index (χ3v) is 1.70. The van der Waals surface area contributed by atoms with Gasteiger partial charge in [-0.05, 0) is 13.0 Å². The lowest BCUT2D eigenvalue weighted by Crippen LogP contribution is -2.09. The van der Waals surface area contributed by atoms with E-state index in [4.69, 9.17) is 0 Å². The SMILES string of the molecule is CC(F)c1ccc(C(C)(F)F)nc1. The Labute approximate surface area is 74.6 Å². The fourth-order valence-corrected chi connectivity index (χ4v) is 0.900. The summed E-state index contributed by atoms with van der Waals surface area (Å²) in [5.41, 5.74) is -0.0232. The molecule has 0 bridgehead atoms. The molecule has 0 amide bonds. The van der Waals surface area contributed by atoms with Crippen molar-refractivity contribution in [2.45, 2.75) is 25.9 Å². The third kappa shape index (κ3) is 2.44. The Balaban J connectivity index is 2.94. The average Bonchev–Trinajstić information content (AvgIpc) is 2.03. The van der Waals surface area contributed by atoms with Crippen LogP contribution in [0.25, 0.3) is 0 Å². The van der Waals surface area contributed by atoms with Crippen LogP contribution in [0.1, 0.15) is 31.3 Å². The van der Waals surface area contributed by atoms with Crippen LogP contribution in [0, 0.1) is 0 Å². The summed E-state index contributed by atoms with van der Waals surface area (Å²) in [7, 11) is 0. The third-order valence-electron chi connectivity index (χ3n) is 1.70. The number of pyridine rings is 1. The van der Waals surface area contributed by atoms with Gasteiger partial charge in [0, 0.05) is 18.7 Å². The van der Waals surface area contributed by atoms with E-state index in [-0.39, 0.29) is 5.69 Å². The molecular formula is C9H10F3N. The highest BCUT2D eigenvalue weighted by atomic mass is 19.3. The Hall–Kier alpha value is -1.06. The van der Waals surface area contributed by atoms with E-state index >= 15 is 0 Å². The van der Waals surface area contributed by atoms with Crippen LogP contribution in [0.3, 0.4) is 0 Å². The molecule has 1 unspecified atom stereocenters. The Bertz CT molecular complexity index is 274. The van der Waals surface area contributed by atoms with Crippen molar-refractivity contribution < 1.29 is 13.2 Å². The minimum atomic E-state index is -2.96. The highest BCUT2D eigenvalue weighted by Crippen LogP contribution is 2.26. The monoisotopic (exact) mass is 189 g/mol. The summed E-state index contributed by atoms with van der Waals surface area (Å²) in [5.74, 6) is -2.96. The van der Waals surface area contributed by atoms with Crippen LogP contribution in [-0.2, 0) is 5.92 Å². The minimum absolute atomic E-state index is 0.313. The van der Waals surface area contributed by atoms with Crippen LogP contribution in [0.5, 0.6) is 0 Å². The number of alkyl halides is 3. The fraction of sp³-hybridized carbons (Fsp3) is 0.444. The molecule has 1 aromatic rings. The van der Waals surface area contributed by atoms with Gasteiger partial charge in [0.1, 0.15) is 11.9 Å². The molecule has 1 aromatic heterocycles. The van der Waals surface area contributed by atoms with Gasteiger partial charge in [0.05, 0.1) is 0 Å². The summed E-state index contributed by atoms with van der Waals surface area (Å²) in [6.45, 7) is 2.09. The molecule has 0 radical (unpaired) electrons. The van der Waals surface area contributed by atoms with Gasteiger partial charge in [-0.25, -0.2) is 4.39 Å². The maximum atomic E-state index is 12.6. The van der Waals surface area contributed by atoms with Crippen molar-refractivity contribution in [2.75, 3.05) is 0 Å². The number of hydrogen-bond donors (Lipinski definition) is 0. The highest BCUT2D eigenvalue weighted by Gasteiger charge is 2.25. The predicted molar refractivity (Wildman–Crippen MR) is 43.3 cm³/mol. The van der Waals surface area contributed by atoms with Crippen molar-refractivity contribution in [2.24, 2.45) is 0 Å². The van der Waals surface area contributed by atoms with E-state index in [0.29, 0.717) is 5.56 Å². The Morgan fingerprint density at radius 3 is 2.31 bits per heavy atom. The second-order valence-corrected chi connectivity index (χ2v) is 2.98. The number of halogens is 3. The lowest BCUT2D eigenvalue weighted by molar-refractivity contribution is 0.0127. The second kappa shape index (κ2) is 3.36. The summed E-state index contributed by atoms with van der Waals surface area (Å²) >= 11 is 0. The van der Waals surface area contributed by atoms with E-state index in [1.165, 1.54) is 13.0 Å². The average molecular weight is 189 g/mol. The maximum Gasteiger partial charge on any atom is 0.286 e. The van der Waals surface area contributed by atoms with Crippen molar-refractivity contribution in [3.8, 4) is 0 Å². The molecule has 13 heavy (non-hydrogen) atoms. The first-order valence-electron chi connectivity index (χ1n) is 3.89. The lowest BCUT2D eigenvalue weighted by atomic mass is 10.1. The Morgan fingerprint density at radius 2 is 2.00 bits per heavy atom. The van der Waals surface area contributed by atoms with E-state index in [1.807, 2.05) is 0 Å². The zero-order valence-corrected chi connectivity index (χ0v) is 7.39. The normalized spacial score (nSPS) is 14.2. The summed E-state index contributed by atoms with van der Waals surface area (Å²) < 4.78 is 37.9. The highest BCUT2D eigenvalue weighted by molar-refractivity contribution is 5.18. The molecule has 1 heterocycles. The Morgan fingerprint density at radius 1 is 1.38 bits per heavy atom. The zero-order chi connectivity index (χ0) is 10.1. The molecule has 1 nitrogen and oxygen atoms in total. The van der Waals surface area contributed by atoms with Crippen molar-refractivity contribution >= 4 is 0 Å². The van der Waals surface area contributed by atoms with Crippen LogP contribution in [0.4, 0.5) is 13.2 Å². The zero-order valence-electron chi connectivity index (χ0n) is 7.39. The minimum Gasteiger partial charge on any atom is -0.255 e.